The molecule has 4 rings (SSSR count). The minimum Gasteiger partial charge on any atom is -0.394 e. The summed E-state index contributed by atoms with van der Waals surface area (Å²) in [6, 6.07) is 3.53. The van der Waals surface area contributed by atoms with Crippen LogP contribution in [0.25, 0.3) is 22.6 Å². The summed E-state index contributed by atoms with van der Waals surface area (Å²) in [5, 5.41) is 40.8. The Morgan fingerprint density at radius 1 is 1.06 bits per heavy atom. The van der Waals surface area contributed by atoms with Gasteiger partial charge in [-0.3, -0.25) is 9.78 Å². The molecule has 0 saturated heterocycles. The highest BCUT2D eigenvalue weighted by atomic mass is 32.2. The summed E-state index contributed by atoms with van der Waals surface area (Å²) in [7, 11) is 0. The van der Waals surface area contributed by atoms with Crippen molar-refractivity contribution >= 4 is 23.0 Å². The number of aryl methyl sites for hydroxylation is 2. The van der Waals surface area contributed by atoms with Gasteiger partial charge in [0.15, 0.2) is 11.5 Å². The Balaban J connectivity index is 0.000000442. The van der Waals surface area contributed by atoms with Crippen LogP contribution in [0.1, 0.15) is 11.1 Å². The Bertz CT molecular complexity index is 1260. The zero-order valence-corrected chi connectivity index (χ0v) is 18.8. The quantitative estimate of drug-likeness (QED) is 0.209. The van der Waals surface area contributed by atoms with Gasteiger partial charge in [0.1, 0.15) is 18.3 Å². The summed E-state index contributed by atoms with van der Waals surface area (Å²) >= 11 is 1.58. The van der Waals surface area contributed by atoms with Crippen LogP contribution in [-0.2, 0) is 6.54 Å². The Morgan fingerprint density at radius 3 is 2.36 bits per heavy atom. The SMILES string of the molecule is C1=CNSC=C1.Cc1cc2nc3c(=O)[nH]c(=O)nc-3n(C[C@H](O)[C@H](O)[C@H](O)CO)c2cc1C. The molecular weight excluding hydrogens is 450 g/mol. The first kappa shape index (κ1) is 24.6. The molecule has 1 aromatic rings. The van der Waals surface area contributed by atoms with E-state index in [0.29, 0.717) is 11.0 Å². The molecule has 6 N–H and O–H groups in total. The number of aliphatic hydroxyl groups is 4. The molecule has 1 aromatic carbocycles. The van der Waals surface area contributed by atoms with Crippen LogP contribution in [0.15, 0.2) is 45.5 Å². The van der Waals surface area contributed by atoms with Crippen LogP contribution in [0.3, 0.4) is 0 Å². The number of hydrogen-bond acceptors (Lipinski definition) is 10. The van der Waals surface area contributed by atoms with E-state index in [1.807, 2.05) is 37.6 Å². The van der Waals surface area contributed by atoms with Crippen LogP contribution >= 0.6 is 11.9 Å². The molecular formula is C21H25N5O6S. The summed E-state index contributed by atoms with van der Waals surface area (Å²) in [6.45, 7) is 2.73. The molecule has 3 atom stereocenters. The fourth-order valence-corrected chi connectivity index (χ4v) is 3.56. The molecule has 0 radical (unpaired) electrons. The van der Waals surface area contributed by atoms with E-state index in [0.717, 1.165) is 11.1 Å². The molecule has 3 heterocycles. The molecule has 176 valence electrons. The van der Waals surface area contributed by atoms with E-state index < -0.39 is 36.2 Å². The van der Waals surface area contributed by atoms with Crippen molar-refractivity contribution in [2.45, 2.75) is 38.7 Å². The summed E-state index contributed by atoms with van der Waals surface area (Å²) in [5.41, 5.74) is 1.11. The van der Waals surface area contributed by atoms with Crippen LogP contribution in [0.2, 0.25) is 0 Å². The Labute approximate surface area is 192 Å². The van der Waals surface area contributed by atoms with Crippen molar-refractivity contribution in [2.24, 2.45) is 0 Å². The van der Waals surface area contributed by atoms with Gasteiger partial charge in [0.05, 0.1) is 24.2 Å². The molecule has 3 aliphatic heterocycles. The lowest BCUT2D eigenvalue weighted by atomic mass is 10.1. The van der Waals surface area contributed by atoms with Crippen molar-refractivity contribution < 1.29 is 20.4 Å². The lowest BCUT2D eigenvalue weighted by molar-refractivity contribution is -0.0802. The minimum absolute atomic E-state index is 0.0516. The Hall–Kier alpha value is -3.03. The molecule has 12 heteroatoms. The van der Waals surface area contributed by atoms with Crippen LogP contribution in [-0.4, -0.2) is 64.9 Å². The molecule has 3 aliphatic rings. The van der Waals surface area contributed by atoms with E-state index in [9.17, 15) is 24.9 Å². The Kier molecular flexibility index (Phi) is 8.00. The van der Waals surface area contributed by atoms with Crippen molar-refractivity contribution in [2.75, 3.05) is 6.61 Å². The standard InChI is InChI=1S/C17H20N4O6.C4H5NS/c1-7-3-9-10(4-8(7)2)21(5-11(23)14(25)12(24)6-22)15-13(18-9)16(26)20-17(27)19-15;1-2-4-6-5-3-1/h3-4,11-12,14,22-25H,5-6H2,1-2H3,(H,20,26,27);1-5H/t11-,12+,14-;/m0./s1. The van der Waals surface area contributed by atoms with Gasteiger partial charge in [0.25, 0.3) is 5.56 Å². The summed E-state index contributed by atoms with van der Waals surface area (Å²) in [5.74, 6) is -0.0516. The summed E-state index contributed by atoms with van der Waals surface area (Å²) < 4.78 is 4.34. The van der Waals surface area contributed by atoms with Gasteiger partial charge in [-0.2, -0.15) is 4.98 Å². The fraction of sp³-hybridized carbons (Fsp3) is 0.333. The maximum atomic E-state index is 12.2. The van der Waals surface area contributed by atoms with Crippen molar-refractivity contribution in [3.05, 3.63) is 67.9 Å². The van der Waals surface area contributed by atoms with Gasteiger partial charge in [-0.05, 0) is 60.5 Å². The molecule has 0 amide bonds. The average molecular weight is 476 g/mol. The topological polar surface area (TPSA) is 174 Å². The van der Waals surface area contributed by atoms with Crippen molar-refractivity contribution in [1.29, 1.82) is 0 Å². The largest absolute Gasteiger partial charge is 0.394 e. The molecule has 0 unspecified atom stereocenters. The number of allylic oxidation sites excluding steroid dienone is 2. The third kappa shape index (κ3) is 5.67. The highest BCUT2D eigenvalue weighted by Crippen LogP contribution is 2.24. The normalized spacial score (nSPS) is 15.6. The zero-order chi connectivity index (χ0) is 24.1. The summed E-state index contributed by atoms with van der Waals surface area (Å²) in [6.07, 6.45) is 1.16. The predicted molar refractivity (Wildman–Crippen MR) is 125 cm³/mol. The number of aromatic nitrogens is 4. The molecule has 0 fully saturated rings. The first-order valence-electron chi connectivity index (χ1n) is 10.0. The molecule has 0 aliphatic carbocycles. The smallest absolute Gasteiger partial charge is 0.349 e. The third-order valence-electron chi connectivity index (χ3n) is 5.06. The number of aliphatic hydroxyl groups excluding tert-OH is 4. The van der Waals surface area contributed by atoms with E-state index in [-0.39, 0.29) is 18.1 Å². The number of nitrogens with one attached hydrogen (secondary N) is 2. The second-order valence-electron chi connectivity index (χ2n) is 7.42. The van der Waals surface area contributed by atoms with Gasteiger partial charge >= 0.3 is 5.69 Å². The number of fused-ring (bicyclic) bond motifs is 2. The average Bonchev–Trinajstić information content (AvgIpc) is 2.81. The number of hydrogen-bond donors (Lipinski definition) is 6. The maximum Gasteiger partial charge on any atom is 0.349 e. The van der Waals surface area contributed by atoms with Gasteiger partial charge in [-0.25, -0.2) is 9.78 Å². The van der Waals surface area contributed by atoms with Gasteiger partial charge in [0, 0.05) is 6.20 Å². The highest BCUT2D eigenvalue weighted by Gasteiger charge is 2.27. The number of benzene rings is 1. The lowest BCUT2D eigenvalue weighted by Gasteiger charge is -2.25. The van der Waals surface area contributed by atoms with Crippen LogP contribution in [0.4, 0.5) is 0 Å². The number of H-pyrrole nitrogens is 1. The maximum absolute atomic E-state index is 12.2. The minimum atomic E-state index is -1.64. The first-order valence-corrected chi connectivity index (χ1v) is 10.9. The van der Waals surface area contributed by atoms with Crippen LogP contribution < -0.4 is 16.0 Å². The van der Waals surface area contributed by atoms with E-state index in [2.05, 4.69) is 19.7 Å². The third-order valence-corrected chi connectivity index (χ3v) is 5.62. The number of aromatic amines is 1. The zero-order valence-electron chi connectivity index (χ0n) is 18.0. The molecule has 11 nitrogen and oxygen atoms in total. The van der Waals surface area contributed by atoms with Gasteiger partial charge in [-0.1, -0.05) is 6.08 Å². The first-order chi connectivity index (χ1) is 15.7. The Morgan fingerprint density at radius 2 is 1.79 bits per heavy atom. The highest BCUT2D eigenvalue weighted by molar-refractivity contribution is 8.00. The molecule has 0 aromatic heterocycles. The lowest BCUT2D eigenvalue weighted by Crippen LogP contribution is -2.42. The van der Waals surface area contributed by atoms with Gasteiger partial charge in [-0.15, -0.1) is 0 Å². The van der Waals surface area contributed by atoms with E-state index in [4.69, 9.17) is 5.11 Å². The predicted octanol–water partition coefficient (Wildman–Crippen LogP) is -0.458. The molecule has 0 bridgehead atoms. The van der Waals surface area contributed by atoms with Crippen LogP contribution in [0.5, 0.6) is 0 Å². The fourth-order valence-electron chi connectivity index (χ4n) is 3.15. The van der Waals surface area contributed by atoms with E-state index in [1.54, 1.807) is 24.1 Å². The van der Waals surface area contributed by atoms with Crippen molar-refractivity contribution in [1.82, 2.24) is 24.2 Å². The van der Waals surface area contributed by atoms with Gasteiger partial charge < -0.3 is 29.7 Å². The van der Waals surface area contributed by atoms with E-state index >= 15 is 0 Å². The van der Waals surface area contributed by atoms with Crippen LogP contribution in [0, 0.1) is 13.8 Å². The van der Waals surface area contributed by atoms with E-state index in [1.165, 1.54) is 4.57 Å². The van der Waals surface area contributed by atoms with Crippen molar-refractivity contribution in [3.8, 4) is 11.5 Å². The van der Waals surface area contributed by atoms with Crippen molar-refractivity contribution in [3.63, 3.8) is 0 Å². The summed E-state index contributed by atoms with van der Waals surface area (Å²) in [4.78, 5) is 34.0. The molecule has 0 saturated carbocycles. The number of nitrogens with zero attached hydrogens (tertiary/aromatic N) is 3. The second-order valence-corrected chi connectivity index (χ2v) is 8.17. The molecule has 0 spiro atoms. The number of rotatable bonds is 5. The monoisotopic (exact) mass is 475 g/mol. The second kappa shape index (κ2) is 10.7. The van der Waals surface area contributed by atoms with Gasteiger partial charge in [0.2, 0.25) is 0 Å². The molecule has 33 heavy (non-hydrogen) atoms.